The van der Waals surface area contributed by atoms with Crippen LogP contribution >= 0.6 is 0 Å². The van der Waals surface area contributed by atoms with E-state index in [0.717, 1.165) is 48.3 Å². The van der Waals surface area contributed by atoms with Crippen molar-refractivity contribution in [2.75, 3.05) is 0 Å². The maximum absolute atomic E-state index is 12.6. The van der Waals surface area contributed by atoms with Gasteiger partial charge in [-0.3, -0.25) is 4.79 Å². The van der Waals surface area contributed by atoms with E-state index in [2.05, 4.69) is 40.7 Å². The number of rotatable bonds is 7. The van der Waals surface area contributed by atoms with Gasteiger partial charge in [-0.15, -0.1) is 0 Å². The van der Waals surface area contributed by atoms with Crippen LogP contribution in [0.4, 0.5) is 0 Å². The number of carbonyl (C=O) groups is 1. The van der Waals surface area contributed by atoms with Crippen molar-refractivity contribution in [3.8, 4) is 0 Å². The highest BCUT2D eigenvalue weighted by molar-refractivity contribution is 5.77. The second kappa shape index (κ2) is 9.86. The molecule has 0 spiro atoms. The minimum Gasteiger partial charge on any atom is -0.461 e. The third-order valence-corrected chi connectivity index (χ3v) is 11.6. The van der Waals surface area contributed by atoms with E-state index in [1.807, 2.05) is 24.3 Å². The van der Waals surface area contributed by atoms with Gasteiger partial charge in [0.25, 0.3) is 0 Å². The van der Waals surface area contributed by atoms with Crippen LogP contribution in [-0.2, 0) is 9.53 Å². The highest BCUT2D eigenvalue weighted by atomic mass is 16.5. The molecule has 0 saturated heterocycles. The van der Waals surface area contributed by atoms with Gasteiger partial charge in [-0.25, -0.2) is 0 Å². The van der Waals surface area contributed by atoms with Crippen molar-refractivity contribution in [3.05, 3.63) is 36.0 Å². The molecule has 8 atom stereocenters. The molecule has 5 rings (SSSR count). The van der Waals surface area contributed by atoms with Gasteiger partial charge in [-0.05, 0) is 91.3 Å². The van der Waals surface area contributed by atoms with Crippen LogP contribution < -0.4 is 0 Å². The van der Waals surface area contributed by atoms with Crippen molar-refractivity contribution < 1.29 is 9.53 Å². The van der Waals surface area contributed by atoms with E-state index in [1.165, 1.54) is 57.8 Å². The Balaban J connectivity index is 1.25. The first-order chi connectivity index (χ1) is 16.7. The zero-order valence-corrected chi connectivity index (χ0v) is 23.1. The van der Waals surface area contributed by atoms with Crippen molar-refractivity contribution in [1.29, 1.82) is 0 Å². The molecule has 3 saturated carbocycles. The summed E-state index contributed by atoms with van der Waals surface area (Å²) in [6.07, 6.45) is 24.9. The predicted octanol–water partition coefficient (Wildman–Crippen LogP) is 8.68. The molecule has 0 amide bonds. The number of hydrogen-bond donors (Lipinski definition) is 0. The van der Waals surface area contributed by atoms with Crippen LogP contribution in [0.3, 0.4) is 0 Å². The third kappa shape index (κ3) is 4.61. The smallest absolute Gasteiger partial charge is 0.316 e. The highest BCUT2D eigenvalue weighted by Crippen LogP contribution is 2.67. The SMILES string of the molecule is CC(C)CCC[C@@H](C)[C@H]1CC[C@H]2[C@@H]3CC=C4C[C@@H](OC(=O)C5C=CC=C5)CC[C@]4(C)[C@H]3CC[C@]12C. The number of fused-ring (bicyclic) bond motifs is 5. The summed E-state index contributed by atoms with van der Waals surface area (Å²) < 4.78 is 6.00. The first-order valence-electron chi connectivity index (χ1n) is 15.0. The molecule has 3 fully saturated rings. The molecule has 2 heteroatoms. The van der Waals surface area contributed by atoms with E-state index in [9.17, 15) is 4.79 Å². The minimum absolute atomic E-state index is 0.0640. The lowest BCUT2D eigenvalue weighted by atomic mass is 9.47. The van der Waals surface area contributed by atoms with Gasteiger partial charge in [0.2, 0.25) is 0 Å². The second-order valence-corrected chi connectivity index (χ2v) is 13.9. The summed E-state index contributed by atoms with van der Waals surface area (Å²) >= 11 is 0. The van der Waals surface area contributed by atoms with Crippen LogP contribution in [0.25, 0.3) is 0 Å². The monoisotopic (exact) mass is 478 g/mol. The Morgan fingerprint density at radius 1 is 1.00 bits per heavy atom. The first kappa shape index (κ1) is 25.3. The Hall–Kier alpha value is -1.31. The molecule has 35 heavy (non-hydrogen) atoms. The van der Waals surface area contributed by atoms with Gasteiger partial charge < -0.3 is 4.74 Å². The molecular weight excluding hydrogens is 428 g/mol. The van der Waals surface area contributed by atoms with Crippen LogP contribution in [0.1, 0.15) is 105 Å². The van der Waals surface area contributed by atoms with Crippen LogP contribution in [0.15, 0.2) is 36.0 Å². The Bertz CT molecular complexity index is 868. The average Bonchev–Trinajstić information content (AvgIpc) is 3.47. The summed E-state index contributed by atoms with van der Waals surface area (Å²) in [5.41, 5.74) is 2.48. The van der Waals surface area contributed by atoms with E-state index < -0.39 is 0 Å². The molecule has 194 valence electrons. The average molecular weight is 479 g/mol. The van der Waals surface area contributed by atoms with Gasteiger partial charge in [0.15, 0.2) is 0 Å². The molecule has 0 aromatic carbocycles. The molecule has 2 nitrogen and oxygen atoms in total. The first-order valence-corrected chi connectivity index (χ1v) is 15.0. The lowest BCUT2D eigenvalue weighted by Gasteiger charge is -2.58. The third-order valence-electron chi connectivity index (χ3n) is 11.6. The number of esters is 1. The normalized spacial score (nSPS) is 41.3. The largest absolute Gasteiger partial charge is 0.461 e. The molecule has 0 radical (unpaired) electrons. The molecule has 0 aliphatic heterocycles. The summed E-state index contributed by atoms with van der Waals surface area (Å²) in [6.45, 7) is 12.6. The molecule has 0 heterocycles. The van der Waals surface area contributed by atoms with E-state index in [1.54, 1.807) is 5.57 Å². The second-order valence-electron chi connectivity index (χ2n) is 13.9. The quantitative estimate of drug-likeness (QED) is 0.270. The van der Waals surface area contributed by atoms with Gasteiger partial charge in [0.1, 0.15) is 6.10 Å². The van der Waals surface area contributed by atoms with Gasteiger partial charge >= 0.3 is 5.97 Å². The Kier molecular flexibility index (Phi) is 7.14. The standard InChI is InChI=1S/C33H50O2/c1-22(2)9-8-10-23(3)28-15-16-29-27-14-13-25-21-26(35-31(34)24-11-6-7-12-24)17-19-32(25,4)30(27)18-20-33(28,29)5/h6-7,11-13,22-24,26-30H,8-10,14-21H2,1-5H3/t23-,26+,27+,28-,29+,30+,32+,33-/m1/s1. The van der Waals surface area contributed by atoms with Crippen molar-refractivity contribution in [3.63, 3.8) is 0 Å². The molecule has 5 aliphatic carbocycles. The zero-order chi connectivity index (χ0) is 24.8. The summed E-state index contributed by atoms with van der Waals surface area (Å²) in [5.74, 6) is 5.00. The number of hydrogen-bond acceptors (Lipinski definition) is 2. The summed E-state index contributed by atoms with van der Waals surface area (Å²) in [6, 6.07) is 0. The summed E-state index contributed by atoms with van der Waals surface area (Å²) in [4.78, 5) is 12.6. The predicted molar refractivity (Wildman–Crippen MR) is 145 cm³/mol. The van der Waals surface area contributed by atoms with Gasteiger partial charge in [0.05, 0.1) is 5.92 Å². The van der Waals surface area contributed by atoms with Gasteiger partial charge in [-0.1, -0.05) is 89.8 Å². The molecule has 0 aromatic heterocycles. The topological polar surface area (TPSA) is 26.3 Å². The Morgan fingerprint density at radius 2 is 1.77 bits per heavy atom. The number of ether oxygens (including phenoxy) is 1. The number of carbonyl (C=O) groups excluding carboxylic acids is 1. The van der Waals surface area contributed by atoms with Crippen molar-refractivity contribution in [2.24, 2.45) is 52.3 Å². The summed E-state index contributed by atoms with van der Waals surface area (Å²) in [5, 5.41) is 0. The Labute approximate surface area is 215 Å². The molecule has 5 aliphatic rings. The summed E-state index contributed by atoms with van der Waals surface area (Å²) in [7, 11) is 0. The maximum Gasteiger partial charge on any atom is 0.316 e. The maximum atomic E-state index is 12.6. The van der Waals surface area contributed by atoms with Crippen LogP contribution in [0.5, 0.6) is 0 Å². The molecular formula is C33H50O2. The van der Waals surface area contributed by atoms with Crippen LogP contribution in [-0.4, -0.2) is 12.1 Å². The molecule has 0 bridgehead atoms. The lowest BCUT2D eigenvalue weighted by Crippen LogP contribution is -2.51. The molecule has 0 unspecified atom stereocenters. The highest BCUT2D eigenvalue weighted by Gasteiger charge is 2.59. The van der Waals surface area contributed by atoms with Crippen molar-refractivity contribution >= 4 is 5.97 Å². The van der Waals surface area contributed by atoms with E-state index in [4.69, 9.17) is 4.74 Å². The fraction of sp³-hybridized carbons (Fsp3) is 0.788. The fourth-order valence-electron chi connectivity index (χ4n) is 9.58. The van der Waals surface area contributed by atoms with Crippen LogP contribution in [0, 0.1) is 52.3 Å². The van der Waals surface area contributed by atoms with E-state index in [0.29, 0.717) is 10.8 Å². The van der Waals surface area contributed by atoms with Gasteiger partial charge in [0, 0.05) is 6.42 Å². The van der Waals surface area contributed by atoms with Crippen molar-refractivity contribution in [1.82, 2.24) is 0 Å². The number of allylic oxidation sites excluding steroid dienone is 3. The Morgan fingerprint density at radius 3 is 2.51 bits per heavy atom. The molecule has 0 aromatic rings. The fourth-order valence-corrected chi connectivity index (χ4v) is 9.58. The molecule has 0 N–H and O–H groups in total. The van der Waals surface area contributed by atoms with Crippen molar-refractivity contribution in [2.45, 2.75) is 111 Å². The zero-order valence-electron chi connectivity index (χ0n) is 23.1. The van der Waals surface area contributed by atoms with Gasteiger partial charge in [-0.2, -0.15) is 0 Å². The lowest BCUT2D eigenvalue weighted by molar-refractivity contribution is -0.153. The van der Waals surface area contributed by atoms with E-state index in [-0.39, 0.29) is 18.0 Å². The van der Waals surface area contributed by atoms with E-state index >= 15 is 0 Å². The minimum atomic E-state index is -0.174. The van der Waals surface area contributed by atoms with Crippen LogP contribution in [0.2, 0.25) is 0 Å².